The molecule has 1 aromatic heterocycles. The van der Waals surface area contributed by atoms with E-state index in [9.17, 15) is 9.59 Å². The number of carbonyl (C=O) groups excluding carboxylic acids is 2. The molecule has 130 valence electrons. The van der Waals surface area contributed by atoms with Gasteiger partial charge in [-0.15, -0.1) is 10.2 Å². The minimum atomic E-state index is -0.766. The van der Waals surface area contributed by atoms with Crippen molar-refractivity contribution in [1.82, 2.24) is 20.4 Å². The van der Waals surface area contributed by atoms with Gasteiger partial charge in [0.1, 0.15) is 12.1 Å². The van der Waals surface area contributed by atoms with Gasteiger partial charge in [0.25, 0.3) is 5.91 Å². The lowest BCUT2D eigenvalue weighted by atomic mass is 9.73. The van der Waals surface area contributed by atoms with Crippen molar-refractivity contribution in [3.63, 3.8) is 0 Å². The third-order valence-electron chi connectivity index (χ3n) is 5.28. The summed E-state index contributed by atoms with van der Waals surface area (Å²) in [4.78, 5) is 26.5. The van der Waals surface area contributed by atoms with E-state index in [1.54, 1.807) is 0 Å². The molecular formula is C18H20N4O3. The lowest BCUT2D eigenvalue weighted by Crippen LogP contribution is -2.53. The van der Waals surface area contributed by atoms with Crippen LogP contribution in [0.15, 0.2) is 34.7 Å². The van der Waals surface area contributed by atoms with E-state index in [-0.39, 0.29) is 30.3 Å². The van der Waals surface area contributed by atoms with E-state index < -0.39 is 5.54 Å². The summed E-state index contributed by atoms with van der Waals surface area (Å²) in [5, 5.41) is 10.9. The zero-order valence-corrected chi connectivity index (χ0v) is 14.1. The van der Waals surface area contributed by atoms with Crippen molar-refractivity contribution in [2.45, 2.75) is 44.7 Å². The number of hydrogen-bond donors (Lipinski definition) is 1. The molecule has 0 radical (unpaired) electrons. The number of urea groups is 1. The van der Waals surface area contributed by atoms with Gasteiger partial charge in [0.15, 0.2) is 0 Å². The molecule has 0 bridgehead atoms. The summed E-state index contributed by atoms with van der Waals surface area (Å²) in [5.74, 6) is 0.584. The molecule has 1 spiro atoms. The second-order valence-electron chi connectivity index (χ2n) is 6.81. The molecule has 2 aliphatic rings. The first-order chi connectivity index (χ1) is 12.1. The number of hydrogen-bond acceptors (Lipinski definition) is 5. The molecule has 3 amide bonds. The highest BCUT2D eigenvalue weighted by Gasteiger charge is 2.55. The molecule has 2 heterocycles. The molecule has 1 aliphatic carbocycles. The van der Waals surface area contributed by atoms with Crippen LogP contribution in [0.5, 0.6) is 0 Å². The van der Waals surface area contributed by atoms with Gasteiger partial charge < -0.3 is 9.73 Å². The fraction of sp³-hybridized carbons (Fsp3) is 0.444. The average molecular weight is 340 g/mol. The Morgan fingerprint density at radius 3 is 2.80 bits per heavy atom. The quantitative estimate of drug-likeness (QED) is 0.868. The predicted octanol–water partition coefficient (Wildman–Crippen LogP) is 2.74. The van der Waals surface area contributed by atoms with Crippen molar-refractivity contribution < 1.29 is 14.0 Å². The van der Waals surface area contributed by atoms with Crippen molar-refractivity contribution >= 4 is 11.9 Å². The van der Waals surface area contributed by atoms with Crippen molar-refractivity contribution in [2.24, 2.45) is 5.92 Å². The van der Waals surface area contributed by atoms with Crippen LogP contribution in [0.4, 0.5) is 4.79 Å². The van der Waals surface area contributed by atoms with E-state index >= 15 is 0 Å². The Kier molecular flexibility index (Phi) is 3.78. The van der Waals surface area contributed by atoms with Gasteiger partial charge in [-0.25, -0.2) is 4.79 Å². The van der Waals surface area contributed by atoms with Crippen LogP contribution in [0.1, 0.15) is 38.5 Å². The van der Waals surface area contributed by atoms with E-state index in [1.165, 1.54) is 4.90 Å². The van der Waals surface area contributed by atoms with Crippen LogP contribution >= 0.6 is 0 Å². The number of aromatic nitrogens is 2. The Morgan fingerprint density at radius 2 is 2.04 bits per heavy atom. The summed E-state index contributed by atoms with van der Waals surface area (Å²) in [6.45, 7) is 2.03. The first kappa shape index (κ1) is 15.8. The van der Waals surface area contributed by atoms with Crippen LogP contribution in [0.25, 0.3) is 11.5 Å². The molecule has 4 rings (SSSR count). The van der Waals surface area contributed by atoms with E-state index in [0.29, 0.717) is 12.3 Å². The average Bonchev–Trinajstić information content (AvgIpc) is 3.18. The highest BCUT2D eigenvalue weighted by molar-refractivity contribution is 6.07. The number of carbonyl (C=O) groups is 2. The van der Waals surface area contributed by atoms with Crippen LogP contribution in [0, 0.1) is 5.92 Å². The Hall–Kier alpha value is -2.70. The number of imide groups is 1. The van der Waals surface area contributed by atoms with Gasteiger partial charge in [0, 0.05) is 5.56 Å². The third-order valence-corrected chi connectivity index (χ3v) is 5.28. The molecule has 1 saturated heterocycles. The van der Waals surface area contributed by atoms with E-state index in [4.69, 9.17) is 4.42 Å². The number of nitrogens with zero attached hydrogens (tertiary/aromatic N) is 3. The van der Waals surface area contributed by atoms with Crippen LogP contribution in [0.2, 0.25) is 0 Å². The number of benzene rings is 1. The Bertz CT molecular complexity index is 804. The normalized spacial score (nSPS) is 26.3. The highest BCUT2D eigenvalue weighted by atomic mass is 16.4. The predicted molar refractivity (Wildman–Crippen MR) is 89.2 cm³/mol. The minimum Gasteiger partial charge on any atom is -0.419 e. The molecule has 7 heteroatoms. The first-order valence-corrected chi connectivity index (χ1v) is 8.62. The van der Waals surface area contributed by atoms with Crippen LogP contribution < -0.4 is 5.32 Å². The first-order valence-electron chi connectivity index (χ1n) is 8.62. The van der Waals surface area contributed by atoms with Crippen LogP contribution in [-0.2, 0) is 11.3 Å². The molecule has 2 atom stereocenters. The summed E-state index contributed by atoms with van der Waals surface area (Å²) in [6, 6.07) is 9.01. The summed E-state index contributed by atoms with van der Waals surface area (Å²) >= 11 is 0. The van der Waals surface area contributed by atoms with E-state index in [2.05, 4.69) is 15.5 Å². The Balaban J connectivity index is 1.54. The fourth-order valence-corrected chi connectivity index (χ4v) is 3.79. The van der Waals surface area contributed by atoms with Gasteiger partial charge in [-0.1, -0.05) is 38.0 Å². The lowest BCUT2D eigenvalue weighted by Gasteiger charge is -2.36. The van der Waals surface area contributed by atoms with Gasteiger partial charge in [0.2, 0.25) is 11.8 Å². The maximum atomic E-state index is 12.9. The second-order valence-corrected chi connectivity index (χ2v) is 6.81. The zero-order chi connectivity index (χ0) is 17.4. The number of amides is 3. The van der Waals surface area contributed by atoms with Crippen molar-refractivity contribution in [3.05, 3.63) is 36.2 Å². The highest BCUT2D eigenvalue weighted by Crippen LogP contribution is 2.38. The summed E-state index contributed by atoms with van der Waals surface area (Å²) in [5.41, 5.74) is 0.0354. The maximum Gasteiger partial charge on any atom is 0.325 e. The molecule has 1 aliphatic heterocycles. The number of nitrogens with one attached hydrogen (secondary N) is 1. The van der Waals surface area contributed by atoms with Gasteiger partial charge in [-0.3, -0.25) is 9.69 Å². The molecule has 7 nitrogen and oxygen atoms in total. The standard InChI is InChI=1S/C18H20N4O3/c1-12-7-5-6-10-18(12)16(23)22(17(24)19-18)11-14-20-21-15(25-14)13-8-3-2-4-9-13/h2-4,8-9,12H,5-7,10-11H2,1H3,(H,19,24)/t12-,18-/m0/s1. The smallest absolute Gasteiger partial charge is 0.325 e. The number of rotatable bonds is 3. The molecule has 25 heavy (non-hydrogen) atoms. The summed E-state index contributed by atoms with van der Waals surface area (Å²) in [6.07, 6.45) is 3.67. The van der Waals surface area contributed by atoms with Crippen LogP contribution in [-0.4, -0.2) is 32.6 Å². The molecule has 1 aromatic carbocycles. The fourth-order valence-electron chi connectivity index (χ4n) is 3.79. The van der Waals surface area contributed by atoms with E-state index in [0.717, 1.165) is 24.8 Å². The van der Waals surface area contributed by atoms with Gasteiger partial charge in [-0.05, 0) is 30.9 Å². The Morgan fingerprint density at radius 1 is 1.24 bits per heavy atom. The van der Waals surface area contributed by atoms with Crippen LogP contribution in [0.3, 0.4) is 0 Å². The maximum absolute atomic E-state index is 12.9. The van der Waals surface area contributed by atoms with Crippen molar-refractivity contribution in [2.75, 3.05) is 0 Å². The third kappa shape index (κ3) is 2.59. The van der Waals surface area contributed by atoms with Crippen molar-refractivity contribution in [3.8, 4) is 11.5 Å². The second kappa shape index (κ2) is 5.98. The van der Waals surface area contributed by atoms with Crippen molar-refractivity contribution in [1.29, 1.82) is 0 Å². The molecule has 2 aromatic rings. The molecule has 1 N–H and O–H groups in total. The largest absolute Gasteiger partial charge is 0.419 e. The lowest BCUT2D eigenvalue weighted by molar-refractivity contribution is -0.134. The molecule has 2 fully saturated rings. The monoisotopic (exact) mass is 340 g/mol. The summed E-state index contributed by atoms with van der Waals surface area (Å²) in [7, 11) is 0. The van der Waals surface area contributed by atoms with Gasteiger partial charge in [-0.2, -0.15) is 0 Å². The molecular weight excluding hydrogens is 320 g/mol. The Labute approximate surface area is 145 Å². The zero-order valence-electron chi connectivity index (χ0n) is 14.1. The summed E-state index contributed by atoms with van der Waals surface area (Å²) < 4.78 is 5.63. The van der Waals surface area contributed by atoms with Gasteiger partial charge in [0.05, 0.1) is 0 Å². The minimum absolute atomic E-state index is 0.00102. The van der Waals surface area contributed by atoms with E-state index in [1.807, 2.05) is 37.3 Å². The molecule has 0 unspecified atom stereocenters. The SMILES string of the molecule is C[C@H]1CCCC[C@]12NC(=O)N(Cc1nnc(-c3ccccc3)o1)C2=O. The topological polar surface area (TPSA) is 88.3 Å². The van der Waals surface area contributed by atoms with Gasteiger partial charge >= 0.3 is 6.03 Å². The molecule has 1 saturated carbocycles.